The van der Waals surface area contributed by atoms with Crippen LogP contribution in [0.1, 0.15) is 23.0 Å². The third-order valence-corrected chi connectivity index (χ3v) is 4.12. The Hall–Kier alpha value is -3.74. The van der Waals surface area contributed by atoms with Gasteiger partial charge in [0, 0.05) is 36.7 Å². The van der Waals surface area contributed by atoms with E-state index in [-0.39, 0.29) is 23.3 Å². The Balaban J connectivity index is 1.57. The molecule has 0 saturated carbocycles. The lowest BCUT2D eigenvalue weighted by atomic mass is 10.1. The smallest absolute Gasteiger partial charge is 0.269 e. The Morgan fingerprint density at radius 3 is 2.41 bits per heavy atom. The van der Waals surface area contributed by atoms with Crippen molar-refractivity contribution in [1.82, 2.24) is 10.3 Å². The molecule has 0 aliphatic carbocycles. The summed E-state index contributed by atoms with van der Waals surface area (Å²) in [5.41, 5.74) is 3.02. The summed E-state index contributed by atoms with van der Waals surface area (Å²) in [4.78, 5) is 27.5. The minimum absolute atomic E-state index is 0.134. The molecule has 0 fully saturated rings. The highest BCUT2D eigenvalue weighted by molar-refractivity contribution is 5.93. The maximum atomic E-state index is 13.6. The Labute approximate surface area is 168 Å². The molecular weight excluding hydrogens is 371 g/mol. The van der Waals surface area contributed by atoms with E-state index in [0.29, 0.717) is 29.9 Å². The summed E-state index contributed by atoms with van der Waals surface area (Å²) >= 11 is 0. The van der Waals surface area contributed by atoms with E-state index in [1.54, 1.807) is 48.7 Å². The number of carbonyl (C=O) groups excluding carboxylic acids is 2. The number of amides is 2. The van der Waals surface area contributed by atoms with E-state index < -0.39 is 0 Å². The van der Waals surface area contributed by atoms with Gasteiger partial charge < -0.3 is 16.0 Å². The highest BCUT2D eigenvalue weighted by Crippen LogP contribution is 2.19. The van der Waals surface area contributed by atoms with E-state index in [2.05, 4.69) is 20.9 Å². The predicted molar refractivity (Wildman–Crippen MR) is 111 cm³/mol. The van der Waals surface area contributed by atoms with Gasteiger partial charge in [0.25, 0.3) is 5.91 Å². The van der Waals surface area contributed by atoms with Crippen LogP contribution in [0.15, 0.2) is 66.9 Å². The van der Waals surface area contributed by atoms with Crippen LogP contribution in [0.2, 0.25) is 0 Å². The number of rotatable bonds is 7. The molecule has 6 nitrogen and oxygen atoms in total. The number of aromatic nitrogens is 1. The van der Waals surface area contributed by atoms with Crippen LogP contribution >= 0.6 is 0 Å². The number of anilines is 3. The molecule has 148 valence electrons. The molecule has 1 aromatic heterocycles. The van der Waals surface area contributed by atoms with Crippen LogP contribution in [0.25, 0.3) is 0 Å². The number of nitrogens with zero attached hydrogens (tertiary/aromatic N) is 1. The lowest BCUT2D eigenvalue weighted by molar-refractivity contribution is -0.114. The van der Waals surface area contributed by atoms with Crippen molar-refractivity contribution in [2.45, 2.75) is 13.3 Å². The Morgan fingerprint density at radius 2 is 1.69 bits per heavy atom. The highest BCUT2D eigenvalue weighted by atomic mass is 19.1. The molecule has 0 saturated heterocycles. The van der Waals surface area contributed by atoms with Gasteiger partial charge in [-0.3, -0.25) is 14.6 Å². The molecule has 0 radical (unpaired) electrons. The average Bonchev–Trinajstić information content (AvgIpc) is 2.71. The Kier molecular flexibility index (Phi) is 6.52. The Bertz CT molecular complexity index is 1010. The number of halogens is 1. The van der Waals surface area contributed by atoms with Crippen molar-refractivity contribution in [1.29, 1.82) is 0 Å². The molecule has 0 aliphatic heterocycles. The zero-order valence-electron chi connectivity index (χ0n) is 15.9. The second kappa shape index (κ2) is 9.45. The second-order valence-corrected chi connectivity index (χ2v) is 6.41. The number of pyridine rings is 1. The quantitative estimate of drug-likeness (QED) is 0.570. The van der Waals surface area contributed by atoms with Gasteiger partial charge in [0.2, 0.25) is 5.91 Å². The molecule has 1 heterocycles. The van der Waals surface area contributed by atoms with E-state index in [9.17, 15) is 14.0 Å². The zero-order valence-corrected chi connectivity index (χ0v) is 15.9. The van der Waals surface area contributed by atoms with Gasteiger partial charge in [-0.2, -0.15) is 0 Å². The predicted octanol–water partition coefficient (Wildman–Crippen LogP) is 3.90. The van der Waals surface area contributed by atoms with Crippen LogP contribution in [-0.4, -0.2) is 23.3 Å². The number of hydrogen-bond acceptors (Lipinski definition) is 4. The number of carbonyl (C=O) groups is 2. The highest BCUT2D eigenvalue weighted by Gasteiger charge is 2.09. The van der Waals surface area contributed by atoms with Gasteiger partial charge in [-0.25, -0.2) is 4.39 Å². The van der Waals surface area contributed by atoms with Crippen molar-refractivity contribution in [3.05, 3.63) is 83.9 Å². The van der Waals surface area contributed by atoms with Gasteiger partial charge in [-0.1, -0.05) is 18.2 Å². The first-order chi connectivity index (χ1) is 14.0. The van der Waals surface area contributed by atoms with E-state index >= 15 is 0 Å². The van der Waals surface area contributed by atoms with E-state index in [1.165, 1.54) is 13.0 Å². The maximum absolute atomic E-state index is 13.6. The average molecular weight is 392 g/mol. The second-order valence-electron chi connectivity index (χ2n) is 6.41. The summed E-state index contributed by atoms with van der Waals surface area (Å²) in [5.74, 6) is -0.743. The largest absolute Gasteiger partial charge is 0.355 e. The van der Waals surface area contributed by atoms with E-state index in [0.717, 1.165) is 5.69 Å². The number of benzene rings is 2. The summed E-state index contributed by atoms with van der Waals surface area (Å²) in [6, 6.07) is 17.1. The van der Waals surface area contributed by atoms with Crippen LogP contribution in [0.4, 0.5) is 21.5 Å². The fourth-order valence-electron chi connectivity index (χ4n) is 2.74. The molecule has 0 spiro atoms. The van der Waals surface area contributed by atoms with Crippen molar-refractivity contribution < 1.29 is 14.0 Å². The van der Waals surface area contributed by atoms with E-state index in [1.807, 2.05) is 12.1 Å². The monoisotopic (exact) mass is 392 g/mol. The van der Waals surface area contributed by atoms with Gasteiger partial charge in [0.05, 0.1) is 0 Å². The molecule has 3 N–H and O–H groups in total. The van der Waals surface area contributed by atoms with Crippen molar-refractivity contribution in [3.63, 3.8) is 0 Å². The Morgan fingerprint density at radius 1 is 0.966 bits per heavy atom. The van der Waals surface area contributed by atoms with Gasteiger partial charge >= 0.3 is 0 Å². The molecule has 3 aromatic rings. The third-order valence-electron chi connectivity index (χ3n) is 4.12. The molecule has 0 unspecified atom stereocenters. The van der Waals surface area contributed by atoms with Crippen molar-refractivity contribution in [2.24, 2.45) is 0 Å². The van der Waals surface area contributed by atoms with Gasteiger partial charge in [-0.15, -0.1) is 0 Å². The molecular formula is C22H21FN4O2. The van der Waals surface area contributed by atoms with Gasteiger partial charge in [0.1, 0.15) is 11.5 Å². The molecule has 0 bridgehead atoms. The van der Waals surface area contributed by atoms with Crippen molar-refractivity contribution in [2.75, 3.05) is 17.2 Å². The van der Waals surface area contributed by atoms with E-state index in [4.69, 9.17) is 0 Å². The first kappa shape index (κ1) is 20.0. The van der Waals surface area contributed by atoms with Crippen LogP contribution in [-0.2, 0) is 11.2 Å². The lowest BCUT2D eigenvalue weighted by Gasteiger charge is -2.10. The molecule has 0 atom stereocenters. The first-order valence-corrected chi connectivity index (χ1v) is 9.13. The summed E-state index contributed by atoms with van der Waals surface area (Å²) < 4.78 is 13.6. The fourth-order valence-corrected chi connectivity index (χ4v) is 2.74. The molecule has 2 amide bonds. The molecule has 2 aromatic carbocycles. The standard InChI is InChI=1S/C22H21FN4O2/c1-15(28)26-17-6-8-18(9-7-17)27-19-11-13-24-21(14-19)22(29)25-12-10-16-4-2-3-5-20(16)23/h2-9,11,13-14H,10,12H2,1H3,(H,24,27)(H,25,29)(H,26,28). The first-order valence-electron chi connectivity index (χ1n) is 9.13. The number of hydrogen-bond donors (Lipinski definition) is 3. The van der Waals surface area contributed by atoms with Crippen LogP contribution in [0, 0.1) is 5.82 Å². The summed E-state index contributed by atoms with van der Waals surface area (Å²) in [5, 5.41) is 8.64. The number of nitrogens with one attached hydrogen (secondary N) is 3. The van der Waals surface area contributed by atoms with Crippen LogP contribution in [0.3, 0.4) is 0 Å². The van der Waals surface area contributed by atoms with Gasteiger partial charge in [0.15, 0.2) is 0 Å². The fraction of sp³-hybridized carbons (Fsp3) is 0.136. The lowest BCUT2D eigenvalue weighted by Crippen LogP contribution is -2.26. The van der Waals surface area contributed by atoms with Gasteiger partial charge in [-0.05, 0) is 54.4 Å². The SMILES string of the molecule is CC(=O)Nc1ccc(Nc2ccnc(C(=O)NCCc3ccccc3F)c2)cc1. The summed E-state index contributed by atoms with van der Waals surface area (Å²) in [7, 11) is 0. The topological polar surface area (TPSA) is 83.1 Å². The summed E-state index contributed by atoms with van der Waals surface area (Å²) in [6.07, 6.45) is 1.94. The minimum Gasteiger partial charge on any atom is -0.355 e. The third kappa shape index (κ3) is 5.87. The molecule has 0 aliphatic rings. The summed E-state index contributed by atoms with van der Waals surface area (Å²) in [6.45, 7) is 1.76. The minimum atomic E-state index is -0.328. The van der Waals surface area contributed by atoms with Crippen molar-refractivity contribution >= 4 is 28.9 Å². The molecule has 29 heavy (non-hydrogen) atoms. The normalized spacial score (nSPS) is 10.3. The van der Waals surface area contributed by atoms with Crippen LogP contribution < -0.4 is 16.0 Å². The van der Waals surface area contributed by atoms with Crippen molar-refractivity contribution in [3.8, 4) is 0 Å². The zero-order chi connectivity index (χ0) is 20.6. The molecule has 7 heteroatoms. The maximum Gasteiger partial charge on any atom is 0.269 e. The molecule has 3 rings (SSSR count). The van der Waals surface area contributed by atoms with Crippen LogP contribution in [0.5, 0.6) is 0 Å².